The summed E-state index contributed by atoms with van der Waals surface area (Å²) in [6.07, 6.45) is 2.51. The van der Waals surface area contributed by atoms with Gasteiger partial charge in [0.2, 0.25) is 0 Å². The topological polar surface area (TPSA) is 121 Å². The summed E-state index contributed by atoms with van der Waals surface area (Å²) in [6.45, 7) is 5.29. The second-order valence-electron chi connectivity index (χ2n) is 8.27. The van der Waals surface area contributed by atoms with Gasteiger partial charge in [-0.1, -0.05) is 23.8 Å². The molecule has 0 spiro atoms. The summed E-state index contributed by atoms with van der Waals surface area (Å²) in [5, 5.41) is 11.3. The molecule has 0 aromatic carbocycles. The molecule has 1 saturated carbocycles. The number of thiocarbonyl (C=S) groups is 1. The van der Waals surface area contributed by atoms with Gasteiger partial charge in [-0.25, -0.2) is 9.78 Å². The molecule has 1 aromatic rings. The van der Waals surface area contributed by atoms with Crippen LogP contribution in [-0.4, -0.2) is 52.6 Å². The smallest absolute Gasteiger partial charge is 0.407 e. The molecule has 1 aliphatic rings. The molecule has 0 saturated heterocycles. The van der Waals surface area contributed by atoms with Crippen LogP contribution in [0.5, 0.6) is 0 Å². The largest absolute Gasteiger partial charge is 0.444 e. The van der Waals surface area contributed by atoms with E-state index < -0.39 is 35.6 Å². The summed E-state index contributed by atoms with van der Waals surface area (Å²) in [7, 11) is 1.75. The Bertz CT molecular complexity index is 828. The van der Waals surface area contributed by atoms with Crippen molar-refractivity contribution in [3.05, 3.63) is 23.4 Å². The Kier molecular flexibility index (Phi) is 8.58. The lowest BCUT2D eigenvalue weighted by Crippen LogP contribution is -2.57. The standard InChI is InChI=1S/C20H28ClN5O4S/c1-20(2,3)30-19(29)25-14-9-11(18(31)22-4)5-7-13(14)24-16(27)17(28)26-15-8-6-12(21)10-23-15/h6,8,10-11,13-14H,5,7,9H2,1-4H3,(H,22,31)(H,24,27)(H,25,29)(H,23,26,28)/t11-,13-,14+/m0/s1. The van der Waals surface area contributed by atoms with E-state index in [9.17, 15) is 14.4 Å². The van der Waals surface area contributed by atoms with Gasteiger partial charge in [0.15, 0.2) is 0 Å². The number of rotatable bonds is 4. The van der Waals surface area contributed by atoms with Crippen LogP contribution in [0.4, 0.5) is 10.6 Å². The molecular weight excluding hydrogens is 442 g/mol. The summed E-state index contributed by atoms with van der Waals surface area (Å²) in [4.78, 5) is 41.7. The van der Waals surface area contributed by atoms with Crippen molar-refractivity contribution in [2.24, 2.45) is 5.92 Å². The van der Waals surface area contributed by atoms with E-state index in [4.69, 9.17) is 28.6 Å². The van der Waals surface area contributed by atoms with E-state index in [1.54, 1.807) is 33.9 Å². The van der Waals surface area contributed by atoms with Crippen LogP contribution in [0.25, 0.3) is 0 Å². The first kappa shape index (κ1) is 24.8. The van der Waals surface area contributed by atoms with E-state index in [-0.39, 0.29) is 11.7 Å². The number of carbonyl (C=O) groups is 3. The molecule has 4 N–H and O–H groups in total. The fraction of sp³-hybridized carbons (Fsp3) is 0.550. The second-order valence-corrected chi connectivity index (χ2v) is 9.15. The molecule has 31 heavy (non-hydrogen) atoms. The third-order valence-corrected chi connectivity index (χ3v) is 5.42. The van der Waals surface area contributed by atoms with Crippen LogP contribution in [0.2, 0.25) is 5.02 Å². The predicted molar refractivity (Wildman–Crippen MR) is 122 cm³/mol. The molecule has 0 bridgehead atoms. The third-order valence-electron chi connectivity index (χ3n) is 4.66. The van der Waals surface area contributed by atoms with Crippen molar-refractivity contribution in [2.45, 2.75) is 57.7 Å². The lowest BCUT2D eigenvalue weighted by atomic mass is 9.82. The van der Waals surface area contributed by atoms with Gasteiger partial charge in [0.05, 0.1) is 16.1 Å². The highest BCUT2D eigenvalue weighted by Gasteiger charge is 2.36. The number of halogens is 1. The Labute approximate surface area is 192 Å². The highest BCUT2D eigenvalue weighted by molar-refractivity contribution is 7.80. The van der Waals surface area contributed by atoms with Gasteiger partial charge in [0, 0.05) is 25.2 Å². The van der Waals surface area contributed by atoms with Gasteiger partial charge < -0.3 is 26.0 Å². The number of pyridine rings is 1. The van der Waals surface area contributed by atoms with Crippen molar-refractivity contribution in [3.63, 3.8) is 0 Å². The summed E-state index contributed by atoms with van der Waals surface area (Å²) in [5.41, 5.74) is -0.664. The number of alkyl carbamates (subject to hydrolysis) is 1. The minimum Gasteiger partial charge on any atom is -0.444 e. The van der Waals surface area contributed by atoms with E-state index in [0.29, 0.717) is 29.3 Å². The molecule has 11 heteroatoms. The maximum atomic E-state index is 12.5. The quantitative estimate of drug-likeness (QED) is 0.394. The molecule has 1 fully saturated rings. The lowest BCUT2D eigenvalue weighted by molar-refractivity contribution is -0.136. The lowest BCUT2D eigenvalue weighted by Gasteiger charge is -2.37. The SMILES string of the molecule is CNC(=S)[C@H]1CC[C@H](NC(=O)C(=O)Nc2ccc(Cl)cn2)[C@H](NC(=O)OC(C)(C)C)C1. The Balaban J connectivity index is 2.04. The molecule has 1 heterocycles. The molecule has 170 valence electrons. The summed E-state index contributed by atoms with van der Waals surface area (Å²) >= 11 is 11.1. The molecular formula is C20H28ClN5O4S. The number of carbonyl (C=O) groups excluding carboxylic acids is 3. The van der Waals surface area contributed by atoms with Crippen LogP contribution in [0.15, 0.2) is 18.3 Å². The van der Waals surface area contributed by atoms with E-state index in [2.05, 4.69) is 26.3 Å². The van der Waals surface area contributed by atoms with Gasteiger partial charge >= 0.3 is 17.9 Å². The number of amides is 3. The molecule has 9 nitrogen and oxygen atoms in total. The van der Waals surface area contributed by atoms with Crippen molar-refractivity contribution < 1.29 is 19.1 Å². The van der Waals surface area contributed by atoms with Crippen molar-refractivity contribution in [1.29, 1.82) is 0 Å². The van der Waals surface area contributed by atoms with Crippen LogP contribution in [0, 0.1) is 5.92 Å². The number of anilines is 1. The summed E-state index contributed by atoms with van der Waals surface area (Å²) in [6, 6.07) is 2.13. The normalized spacial score (nSPS) is 20.9. The van der Waals surface area contributed by atoms with E-state index in [1.165, 1.54) is 12.3 Å². The molecule has 0 aliphatic heterocycles. The maximum Gasteiger partial charge on any atom is 0.407 e. The third kappa shape index (κ3) is 7.95. The Morgan fingerprint density at radius 1 is 1.13 bits per heavy atom. The Morgan fingerprint density at radius 3 is 2.42 bits per heavy atom. The molecule has 1 aliphatic carbocycles. The highest BCUT2D eigenvalue weighted by atomic mass is 35.5. The second kappa shape index (κ2) is 10.7. The van der Waals surface area contributed by atoms with Crippen molar-refractivity contribution >= 4 is 52.5 Å². The average Bonchev–Trinajstić information content (AvgIpc) is 2.68. The number of hydrogen-bond donors (Lipinski definition) is 4. The van der Waals surface area contributed by atoms with E-state index in [0.717, 1.165) is 0 Å². The molecule has 3 atom stereocenters. The van der Waals surface area contributed by atoms with Crippen molar-refractivity contribution in [3.8, 4) is 0 Å². The fourth-order valence-electron chi connectivity index (χ4n) is 3.26. The Hall–Kier alpha value is -2.46. The zero-order chi connectivity index (χ0) is 23.2. The number of nitrogens with zero attached hydrogens (tertiary/aromatic N) is 1. The van der Waals surface area contributed by atoms with Gasteiger partial charge in [-0.3, -0.25) is 9.59 Å². The molecule has 3 amide bonds. The van der Waals surface area contributed by atoms with Crippen LogP contribution in [-0.2, 0) is 14.3 Å². The molecule has 1 aromatic heterocycles. The zero-order valence-corrected chi connectivity index (χ0v) is 19.5. The number of hydrogen-bond acceptors (Lipinski definition) is 6. The van der Waals surface area contributed by atoms with E-state index >= 15 is 0 Å². The minimum absolute atomic E-state index is 0.0418. The molecule has 0 radical (unpaired) electrons. The van der Waals surface area contributed by atoms with Gasteiger partial charge in [-0.05, 0) is 52.2 Å². The van der Waals surface area contributed by atoms with Crippen LogP contribution in [0.1, 0.15) is 40.0 Å². The summed E-state index contributed by atoms with van der Waals surface area (Å²) in [5.74, 6) is -1.44. The molecule has 2 rings (SSSR count). The van der Waals surface area contributed by atoms with Gasteiger partial charge in [0.25, 0.3) is 0 Å². The van der Waals surface area contributed by atoms with Gasteiger partial charge in [0.1, 0.15) is 11.4 Å². The highest BCUT2D eigenvalue weighted by Crippen LogP contribution is 2.26. The summed E-state index contributed by atoms with van der Waals surface area (Å²) < 4.78 is 5.34. The van der Waals surface area contributed by atoms with Crippen LogP contribution in [0.3, 0.4) is 0 Å². The monoisotopic (exact) mass is 469 g/mol. The van der Waals surface area contributed by atoms with Crippen LogP contribution < -0.4 is 21.3 Å². The first-order valence-corrected chi connectivity index (χ1v) is 10.7. The maximum absolute atomic E-state index is 12.5. The van der Waals surface area contributed by atoms with Gasteiger partial charge in [-0.15, -0.1) is 0 Å². The molecule has 0 unspecified atom stereocenters. The predicted octanol–water partition coefficient (Wildman–Crippen LogP) is 2.40. The minimum atomic E-state index is -0.862. The first-order chi connectivity index (χ1) is 14.5. The van der Waals surface area contributed by atoms with Crippen molar-refractivity contribution in [1.82, 2.24) is 20.9 Å². The Morgan fingerprint density at radius 2 is 1.84 bits per heavy atom. The average molecular weight is 470 g/mol. The fourth-order valence-corrected chi connectivity index (χ4v) is 3.59. The number of nitrogens with one attached hydrogen (secondary N) is 4. The first-order valence-electron chi connectivity index (χ1n) is 9.93. The van der Waals surface area contributed by atoms with Crippen molar-refractivity contribution in [2.75, 3.05) is 12.4 Å². The van der Waals surface area contributed by atoms with E-state index in [1.807, 2.05) is 0 Å². The van der Waals surface area contributed by atoms with Crippen LogP contribution >= 0.6 is 23.8 Å². The number of aromatic nitrogens is 1. The zero-order valence-electron chi connectivity index (χ0n) is 18.0. The number of ether oxygens (including phenoxy) is 1. The van der Waals surface area contributed by atoms with Gasteiger partial charge in [-0.2, -0.15) is 0 Å².